The Morgan fingerprint density at radius 2 is 2.05 bits per heavy atom. The van der Waals surface area contributed by atoms with Crippen LogP contribution in [-0.2, 0) is 10.3 Å². The summed E-state index contributed by atoms with van der Waals surface area (Å²) < 4.78 is 6.54. The number of rotatable bonds is 3. The second kappa shape index (κ2) is 5.04. The number of ether oxygens (including phenoxy) is 1. The molecule has 0 aromatic heterocycles. The van der Waals surface area contributed by atoms with Crippen LogP contribution in [0.2, 0.25) is 0 Å². The van der Waals surface area contributed by atoms with E-state index in [0.717, 1.165) is 45.8 Å². The lowest BCUT2D eigenvalue weighted by molar-refractivity contribution is 0.246. The Morgan fingerprint density at radius 3 is 2.65 bits per heavy atom. The largest absolute Gasteiger partial charge is 0.496 e. The highest BCUT2D eigenvalue weighted by Crippen LogP contribution is 2.49. The molecule has 2 aromatic carbocycles. The van der Waals surface area contributed by atoms with Crippen molar-refractivity contribution in [2.24, 2.45) is 4.99 Å². The summed E-state index contributed by atoms with van der Waals surface area (Å²) in [5, 5.41) is 2.22. The van der Waals surface area contributed by atoms with Gasteiger partial charge in [-0.25, -0.2) is 4.79 Å². The van der Waals surface area contributed by atoms with Crippen molar-refractivity contribution in [1.29, 1.82) is 0 Å². The van der Waals surface area contributed by atoms with Crippen molar-refractivity contribution in [3.8, 4) is 5.75 Å². The Kier molecular flexibility index (Phi) is 3.36. The number of hydrogen-bond donors (Lipinski definition) is 0. The summed E-state index contributed by atoms with van der Waals surface area (Å²) in [5.74, 6) is 0.790. The van der Waals surface area contributed by atoms with E-state index in [2.05, 4.69) is 33.1 Å². The fourth-order valence-corrected chi connectivity index (χ4v) is 3.20. The van der Waals surface area contributed by atoms with Gasteiger partial charge in [0.2, 0.25) is 6.08 Å². The van der Waals surface area contributed by atoms with E-state index in [4.69, 9.17) is 4.74 Å². The van der Waals surface area contributed by atoms with E-state index >= 15 is 0 Å². The van der Waals surface area contributed by atoms with Crippen molar-refractivity contribution in [3.05, 3.63) is 40.4 Å². The monoisotopic (exact) mass is 331 g/mol. The van der Waals surface area contributed by atoms with Crippen molar-refractivity contribution in [2.45, 2.75) is 24.8 Å². The first kappa shape index (κ1) is 13.3. The molecule has 1 fully saturated rings. The van der Waals surface area contributed by atoms with Crippen LogP contribution in [-0.4, -0.2) is 13.2 Å². The third kappa shape index (κ3) is 2.05. The lowest BCUT2D eigenvalue weighted by atomic mass is 9.71. The summed E-state index contributed by atoms with van der Waals surface area (Å²) >= 11 is 3.49. The number of benzene rings is 2. The molecule has 0 amide bonds. The maximum Gasteiger partial charge on any atom is 0.235 e. The Bertz CT molecular complexity index is 716. The lowest BCUT2D eigenvalue weighted by Gasteiger charge is -2.38. The van der Waals surface area contributed by atoms with E-state index < -0.39 is 5.54 Å². The van der Waals surface area contributed by atoms with E-state index in [1.807, 2.05) is 18.2 Å². The average Bonchev–Trinajstić information content (AvgIpc) is 2.41. The highest BCUT2D eigenvalue weighted by molar-refractivity contribution is 9.10. The summed E-state index contributed by atoms with van der Waals surface area (Å²) in [4.78, 5) is 14.8. The average molecular weight is 332 g/mol. The fraction of sp³-hybridized carbons (Fsp3) is 0.312. The quantitative estimate of drug-likeness (QED) is 0.620. The molecular formula is C16H14BrNO2. The maximum absolute atomic E-state index is 10.8. The molecular weight excluding hydrogens is 318 g/mol. The van der Waals surface area contributed by atoms with E-state index in [0.29, 0.717) is 0 Å². The van der Waals surface area contributed by atoms with Crippen LogP contribution in [0, 0.1) is 0 Å². The van der Waals surface area contributed by atoms with E-state index in [-0.39, 0.29) is 0 Å². The Morgan fingerprint density at radius 1 is 1.25 bits per heavy atom. The first-order valence-electron chi connectivity index (χ1n) is 6.55. The van der Waals surface area contributed by atoms with Gasteiger partial charge in [-0.3, -0.25) is 0 Å². The number of methoxy groups -OCH3 is 1. The molecule has 4 heteroatoms. The van der Waals surface area contributed by atoms with Crippen molar-refractivity contribution in [3.63, 3.8) is 0 Å². The van der Waals surface area contributed by atoms with Gasteiger partial charge >= 0.3 is 0 Å². The van der Waals surface area contributed by atoms with Crippen LogP contribution in [0.5, 0.6) is 5.75 Å². The summed E-state index contributed by atoms with van der Waals surface area (Å²) in [7, 11) is 1.65. The lowest BCUT2D eigenvalue weighted by Crippen LogP contribution is -2.32. The molecule has 0 N–H and O–H groups in total. The molecule has 1 aliphatic carbocycles. The van der Waals surface area contributed by atoms with E-state index in [1.165, 1.54) is 0 Å². The van der Waals surface area contributed by atoms with Gasteiger partial charge in [-0.1, -0.05) is 22.0 Å². The van der Waals surface area contributed by atoms with E-state index in [9.17, 15) is 4.79 Å². The predicted molar refractivity (Wildman–Crippen MR) is 81.9 cm³/mol. The first-order valence-corrected chi connectivity index (χ1v) is 7.35. The van der Waals surface area contributed by atoms with E-state index in [1.54, 1.807) is 13.2 Å². The Hall–Kier alpha value is -1.64. The van der Waals surface area contributed by atoms with Gasteiger partial charge in [0, 0.05) is 10.0 Å². The van der Waals surface area contributed by atoms with Crippen molar-refractivity contribution in [2.75, 3.05) is 7.11 Å². The molecule has 0 radical (unpaired) electrons. The molecule has 1 aliphatic rings. The van der Waals surface area contributed by atoms with Crippen molar-refractivity contribution in [1.82, 2.24) is 0 Å². The molecule has 0 saturated heterocycles. The zero-order valence-electron chi connectivity index (χ0n) is 11.1. The van der Waals surface area contributed by atoms with Gasteiger partial charge in [-0.15, -0.1) is 0 Å². The minimum absolute atomic E-state index is 0.441. The zero-order chi connectivity index (χ0) is 14.2. The van der Waals surface area contributed by atoms with Gasteiger partial charge in [0.15, 0.2) is 0 Å². The van der Waals surface area contributed by atoms with Crippen LogP contribution in [0.25, 0.3) is 10.8 Å². The van der Waals surface area contributed by atoms with Crippen LogP contribution in [0.4, 0.5) is 0 Å². The molecule has 0 aliphatic heterocycles. The SMILES string of the molecule is COc1cc2ccc(Br)cc2cc1C1(N=C=O)CCC1. The van der Waals surface area contributed by atoms with Crippen LogP contribution < -0.4 is 4.74 Å². The molecule has 0 bridgehead atoms. The topological polar surface area (TPSA) is 38.7 Å². The number of halogens is 1. The van der Waals surface area contributed by atoms with Gasteiger partial charge in [-0.05, 0) is 54.3 Å². The number of carbonyl (C=O) groups excluding carboxylic acids is 1. The van der Waals surface area contributed by atoms with Gasteiger partial charge in [0.1, 0.15) is 11.3 Å². The number of nitrogens with zero attached hydrogens (tertiary/aromatic N) is 1. The third-order valence-corrected chi connectivity index (χ3v) is 4.56. The fourth-order valence-electron chi connectivity index (χ4n) is 2.82. The van der Waals surface area contributed by atoms with Crippen LogP contribution in [0.1, 0.15) is 24.8 Å². The van der Waals surface area contributed by atoms with Gasteiger partial charge in [-0.2, -0.15) is 4.99 Å². The molecule has 0 heterocycles. The van der Waals surface area contributed by atoms with Gasteiger partial charge in [0.25, 0.3) is 0 Å². The summed E-state index contributed by atoms with van der Waals surface area (Å²) in [6.07, 6.45) is 4.55. The Labute approximate surface area is 125 Å². The summed E-state index contributed by atoms with van der Waals surface area (Å²) in [6, 6.07) is 10.2. The predicted octanol–water partition coefficient (Wildman–Crippen LogP) is 4.33. The highest BCUT2D eigenvalue weighted by Gasteiger charge is 2.41. The number of fused-ring (bicyclic) bond motifs is 1. The molecule has 0 unspecified atom stereocenters. The normalized spacial score (nSPS) is 16.3. The number of hydrogen-bond acceptors (Lipinski definition) is 3. The molecule has 2 aromatic rings. The highest BCUT2D eigenvalue weighted by atomic mass is 79.9. The standard InChI is InChI=1S/C16H14BrNO2/c1-20-15-9-11-3-4-13(17)7-12(11)8-14(15)16(18-10-19)5-2-6-16/h3-4,7-9H,2,5-6H2,1H3. The second-order valence-electron chi connectivity index (χ2n) is 5.13. The van der Waals surface area contributed by atoms with Crippen LogP contribution in [0.3, 0.4) is 0 Å². The zero-order valence-corrected chi connectivity index (χ0v) is 12.7. The summed E-state index contributed by atoms with van der Waals surface area (Å²) in [5.41, 5.74) is 0.545. The molecule has 0 atom stereocenters. The minimum Gasteiger partial charge on any atom is -0.496 e. The Balaban J connectivity index is 2.25. The molecule has 0 spiro atoms. The first-order chi connectivity index (χ1) is 9.68. The van der Waals surface area contributed by atoms with Gasteiger partial charge < -0.3 is 4.74 Å². The molecule has 1 saturated carbocycles. The maximum atomic E-state index is 10.8. The molecule has 102 valence electrons. The minimum atomic E-state index is -0.441. The van der Waals surface area contributed by atoms with Gasteiger partial charge in [0.05, 0.1) is 7.11 Å². The smallest absolute Gasteiger partial charge is 0.235 e. The molecule has 3 rings (SSSR count). The summed E-state index contributed by atoms with van der Waals surface area (Å²) in [6.45, 7) is 0. The third-order valence-electron chi connectivity index (χ3n) is 4.06. The van der Waals surface area contributed by atoms with Crippen LogP contribution >= 0.6 is 15.9 Å². The second-order valence-corrected chi connectivity index (χ2v) is 6.05. The molecule has 20 heavy (non-hydrogen) atoms. The number of aliphatic imine (C=N–C) groups is 1. The molecule has 3 nitrogen and oxygen atoms in total. The number of isocyanates is 1. The van der Waals surface area contributed by atoms with Crippen molar-refractivity contribution < 1.29 is 9.53 Å². The van der Waals surface area contributed by atoms with Crippen LogP contribution in [0.15, 0.2) is 39.8 Å². The van der Waals surface area contributed by atoms with Crippen molar-refractivity contribution >= 4 is 32.8 Å².